The Balaban J connectivity index is 2.11. The van der Waals surface area contributed by atoms with Crippen LogP contribution in [0, 0.1) is 0 Å². The molecule has 1 unspecified atom stereocenters. The van der Waals surface area contributed by atoms with E-state index in [9.17, 15) is 4.79 Å². The van der Waals surface area contributed by atoms with Crippen LogP contribution in [0.3, 0.4) is 0 Å². The van der Waals surface area contributed by atoms with Gasteiger partial charge in [0.05, 0.1) is 6.61 Å². The highest BCUT2D eigenvalue weighted by atomic mass is 16.6. The van der Waals surface area contributed by atoms with Crippen molar-refractivity contribution in [1.82, 2.24) is 0 Å². The van der Waals surface area contributed by atoms with E-state index in [-0.39, 0.29) is 5.97 Å². The molecule has 2 heterocycles. The topological polar surface area (TPSA) is 35.5 Å². The van der Waals surface area contributed by atoms with Crippen LogP contribution in [0.5, 0.6) is 5.75 Å². The predicted octanol–water partition coefficient (Wildman–Crippen LogP) is 2.17. The second kappa shape index (κ2) is 3.11. The molecule has 0 N–H and O–H groups in total. The average Bonchev–Trinajstić information content (AvgIpc) is 2.56. The highest BCUT2D eigenvalue weighted by Crippen LogP contribution is 2.47. The monoisotopic (exact) mass is 216 g/mol. The number of para-hydroxylation sites is 1. The molecule has 1 aromatic carbocycles. The summed E-state index contributed by atoms with van der Waals surface area (Å²) < 4.78 is 11.1. The van der Waals surface area contributed by atoms with E-state index in [1.54, 1.807) is 0 Å². The lowest BCUT2D eigenvalue weighted by atomic mass is 9.85. The molecule has 3 nitrogen and oxygen atoms in total. The predicted molar refractivity (Wildman–Crippen MR) is 58.1 cm³/mol. The Morgan fingerprint density at radius 3 is 2.88 bits per heavy atom. The van der Waals surface area contributed by atoms with Gasteiger partial charge in [0.15, 0.2) is 0 Å². The zero-order valence-electron chi connectivity index (χ0n) is 8.86. The second-order valence-corrected chi connectivity index (χ2v) is 4.26. The quantitative estimate of drug-likeness (QED) is 0.492. The summed E-state index contributed by atoms with van der Waals surface area (Å²) in [7, 11) is 0. The van der Waals surface area contributed by atoms with Gasteiger partial charge in [0, 0.05) is 24.0 Å². The van der Waals surface area contributed by atoms with Gasteiger partial charge in [-0.2, -0.15) is 0 Å². The van der Waals surface area contributed by atoms with Crippen molar-refractivity contribution in [2.75, 3.05) is 6.61 Å². The molecule has 3 heteroatoms. The maximum absolute atomic E-state index is 11.5. The minimum Gasteiger partial charge on any atom is -0.493 e. The Bertz CT molecular complexity index is 460. The van der Waals surface area contributed by atoms with Crippen LogP contribution in [0.15, 0.2) is 36.4 Å². The molecule has 1 atom stereocenters. The summed E-state index contributed by atoms with van der Waals surface area (Å²) in [6.45, 7) is 4.32. The minimum absolute atomic E-state index is 0.281. The smallest absolute Gasteiger partial charge is 0.334 e. The lowest BCUT2D eigenvalue weighted by Crippen LogP contribution is -2.32. The van der Waals surface area contributed by atoms with E-state index >= 15 is 0 Å². The first-order valence-electron chi connectivity index (χ1n) is 5.35. The summed E-state index contributed by atoms with van der Waals surface area (Å²) >= 11 is 0. The first kappa shape index (κ1) is 9.46. The van der Waals surface area contributed by atoms with Crippen molar-refractivity contribution in [3.05, 3.63) is 42.0 Å². The van der Waals surface area contributed by atoms with Crippen molar-refractivity contribution < 1.29 is 14.3 Å². The molecule has 0 bridgehead atoms. The number of carbonyl (C=O) groups is 1. The summed E-state index contributed by atoms with van der Waals surface area (Å²) in [5.74, 6) is 0.535. The van der Waals surface area contributed by atoms with E-state index in [2.05, 4.69) is 6.58 Å². The molecule has 0 aromatic heterocycles. The molecular weight excluding hydrogens is 204 g/mol. The van der Waals surface area contributed by atoms with Gasteiger partial charge >= 0.3 is 5.97 Å². The van der Waals surface area contributed by atoms with Gasteiger partial charge in [-0.15, -0.1) is 0 Å². The molecule has 1 spiro atoms. The number of hydrogen-bond acceptors (Lipinski definition) is 3. The molecule has 0 radical (unpaired) electrons. The summed E-state index contributed by atoms with van der Waals surface area (Å²) in [6.07, 6.45) is 1.28. The van der Waals surface area contributed by atoms with E-state index in [1.165, 1.54) is 0 Å². The molecule has 1 saturated heterocycles. The Morgan fingerprint density at radius 2 is 2.12 bits per heavy atom. The molecule has 3 rings (SSSR count). The first-order chi connectivity index (χ1) is 7.71. The van der Waals surface area contributed by atoms with Crippen LogP contribution in [0.1, 0.15) is 18.4 Å². The number of ether oxygens (including phenoxy) is 2. The molecular formula is C13H12O3. The SMILES string of the molecule is C=C1CC2(CCOc3ccccc32)OC1=O. The van der Waals surface area contributed by atoms with Gasteiger partial charge in [-0.25, -0.2) is 4.79 Å². The molecule has 16 heavy (non-hydrogen) atoms. The minimum atomic E-state index is -0.525. The maximum atomic E-state index is 11.5. The fourth-order valence-electron chi connectivity index (χ4n) is 2.42. The second-order valence-electron chi connectivity index (χ2n) is 4.26. The molecule has 1 aromatic rings. The zero-order valence-corrected chi connectivity index (χ0v) is 8.86. The molecule has 0 amide bonds. The van der Waals surface area contributed by atoms with Crippen LogP contribution in [0.2, 0.25) is 0 Å². The lowest BCUT2D eigenvalue weighted by Gasteiger charge is -2.33. The van der Waals surface area contributed by atoms with Crippen LogP contribution in [0.25, 0.3) is 0 Å². The highest BCUT2D eigenvalue weighted by Gasteiger charge is 2.47. The number of benzene rings is 1. The molecule has 1 fully saturated rings. The number of rotatable bonds is 0. The highest BCUT2D eigenvalue weighted by molar-refractivity contribution is 5.90. The Hall–Kier alpha value is -1.77. The van der Waals surface area contributed by atoms with E-state index in [4.69, 9.17) is 9.47 Å². The van der Waals surface area contributed by atoms with Gasteiger partial charge in [-0.3, -0.25) is 0 Å². The summed E-state index contributed by atoms with van der Waals surface area (Å²) in [5, 5.41) is 0. The van der Waals surface area contributed by atoms with Crippen molar-refractivity contribution in [1.29, 1.82) is 0 Å². The van der Waals surface area contributed by atoms with Gasteiger partial charge in [0.25, 0.3) is 0 Å². The van der Waals surface area contributed by atoms with Crippen molar-refractivity contribution in [2.24, 2.45) is 0 Å². The molecule has 82 valence electrons. The third-order valence-corrected chi connectivity index (χ3v) is 3.22. The van der Waals surface area contributed by atoms with Crippen molar-refractivity contribution in [3.8, 4) is 5.75 Å². The largest absolute Gasteiger partial charge is 0.493 e. The van der Waals surface area contributed by atoms with Gasteiger partial charge < -0.3 is 9.47 Å². The van der Waals surface area contributed by atoms with Crippen LogP contribution in [-0.4, -0.2) is 12.6 Å². The average molecular weight is 216 g/mol. The van der Waals surface area contributed by atoms with Crippen LogP contribution >= 0.6 is 0 Å². The number of carbonyl (C=O) groups excluding carboxylic acids is 1. The number of esters is 1. The van der Waals surface area contributed by atoms with Gasteiger partial charge in [0.2, 0.25) is 0 Å². The van der Waals surface area contributed by atoms with Crippen LogP contribution in [-0.2, 0) is 15.1 Å². The van der Waals surface area contributed by atoms with E-state index < -0.39 is 5.60 Å². The fourth-order valence-corrected chi connectivity index (χ4v) is 2.42. The van der Waals surface area contributed by atoms with Crippen molar-refractivity contribution >= 4 is 5.97 Å². The van der Waals surface area contributed by atoms with Gasteiger partial charge in [0.1, 0.15) is 11.4 Å². The van der Waals surface area contributed by atoms with Crippen molar-refractivity contribution in [3.63, 3.8) is 0 Å². The van der Waals surface area contributed by atoms with Crippen molar-refractivity contribution in [2.45, 2.75) is 18.4 Å². The van der Waals surface area contributed by atoms with Gasteiger partial charge in [-0.1, -0.05) is 24.8 Å². The van der Waals surface area contributed by atoms with Crippen LogP contribution in [0.4, 0.5) is 0 Å². The van der Waals surface area contributed by atoms with E-state index in [0.29, 0.717) is 25.0 Å². The Labute approximate surface area is 93.7 Å². The summed E-state index contributed by atoms with van der Waals surface area (Å²) in [5.41, 5.74) is 0.994. The van der Waals surface area contributed by atoms with Crippen LogP contribution < -0.4 is 4.74 Å². The van der Waals surface area contributed by atoms with E-state index in [0.717, 1.165) is 11.3 Å². The third-order valence-electron chi connectivity index (χ3n) is 3.22. The maximum Gasteiger partial charge on any atom is 0.334 e. The van der Waals surface area contributed by atoms with Gasteiger partial charge in [-0.05, 0) is 6.07 Å². The number of fused-ring (bicyclic) bond motifs is 2. The normalized spacial score (nSPS) is 27.5. The molecule has 2 aliphatic heterocycles. The molecule has 0 aliphatic carbocycles. The Morgan fingerprint density at radius 1 is 1.31 bits per heavy atom. The summed E-state index contributed by atoms with van der Waals surface area (Å²) in [4.78, 5) is 11.5. The Kier molecular flexibility index (Phi) is 1.84. The summed E-state index contributed by atoms with van der Waals surface area (Å²) in [6, 6.07) is 7.72. The zero-order chi connectivity index (χ0) is 11.2. The third kappa shape index (κ3) is 1.18. The standard InChI is InChI=1S/C13H12O3/c1-9-8-13(16-12(9)14)6-7-15-11-5-3-2-4-10(11)13/h2-5H,1,6-8H2. The molecule has 0 saturated carbocycles. The number of hydrogen-bond donors (Lipinski definition) is 0. The fraction of sp³-hybridized carbons (Fsp3) is 0.308. The van der Waals surface area contributed by atoms with E-state index in [1.807, 2.05) is 24.3 Å². The first-order valence-corrected chi connectivity index (χ1v) is 5.35. The molecule has 2 aliphatic rings. The lowest BCUT2D eigenvalue weighted by molar-refractivity contribution is -0.149.